The van der Waals surface area contributed by atoms with E-state index in [1.807, 2.05) is 6.07 Å². The van der Waals surface area contributed by atoms with Crippen LogP contribution in [0.25, 0.3) is 21.8 Å². The van der Waals surface area contributed by atoms with Crippen molar-refractivity contribution in [3.05, 3.63) is 66.1 Å². The first-order valence-electron chi connectivity index (χ1n) is 10.1. The Labute approximate surface area is 164 Å². The van der Waals surface area contributed by atoms with Crippen LogP contribution in [0, 0.1) is 0 Å². The molecule has 3 heterocycles. The number of anilines is 1. The number of fused-ring (bicyclic) bond motifs is 2. The van der Waals surface area contributed by atoms with Crippen molar-refractivity contribution >= 4 is 27.6 Å². The summed E-state index contributed by atoms with van der Waals surface area (Å²) >= 11 is 0. The van der Waals surface area contributed by atoms with Gasteiger partial charge in [0.05, 0.1) is 12.1 Å². The van der Waals surface area contributed by atoms with Gasteiger partial charge in [-0.2, -0.15) is 0 Å². The number of benzene rings is 2. The second kappa shape index (κ2) is 7.60. The van der Waals surface area contributed by atoms with Crippen LogP contribution in [0.5, 0.6) is 0 Å². The van der Waals surface area contributed by atoms with Crippen molar-refractivity contribution in [2.45, 2.75) is 25.8 Å². The molecule has 0 atom stereocenters. The Balaban J connectivity index is 1.36. The molecule has 28 heavy (non-hydrogen) atoms. The Kier molecular flexibility index (Phi) is 4.67. The van der Waals surface area contributed by atoms with Crippen LogP contribution in [0.15, 0.2) is 54.7 Å². The fourth-order valence-electron chi connectivity index (χ4n) is 4.12. The number of para-hydroxylation sites is 2. The number of aromatic nitrogens is 3. The average molecular weight is 371 g/mol. The molecule has 0 bridgehead atoms. The lowest BCUT2D eigenvalue weighted by Crippen LogP contribution is -2.20. The number of rotatable bonds is 6. The lowest BCUT2D eigenvalue weighted by Gasteiger charge is -2.15. The normalized spacial score (nSPS) is 14.9. The van der Waals surface area contributed by atoms with Crippen LogP contribution in [0.3, 0.4) is 0 Å². The summed E-state index contributed by atoms with van der Waals surface area (Å²) in [7, 11) is 0. The SMILES string of the molecule is c1ccc2c(NCCc3c[nH]c4ccccc34)nc(CN3CCCC3)nc2c1. The van der Waals surface area contributed by atoms with Crippen molar-refractivity contribution in [2.75, 3.05) is 25.0 Å². The van der Waals surface area contributed by atoms with Crippen LogP contribution >= 0.6 is 0 Å². The largest absolute Gasteiger partial charge is 0.369 e. The summed E-state index contributed by atoms with van der Waals surface area (Å²) < 4.78 is 0. The lowest BCUT2D eigenvalue weighted by molar-refractivity contribution is 0.323. The third-order valence-electron chi connectivity index (χ3n) is 5.57. The summed E-state index contributed by atoms with van der Waals surface area (Å²) in [6, 6.07) is 16.7. The maximum atomic E-state index is 4.87. The first-order valence-corrected chi connectivity index (χ1v) is 10.1. The van der Waals surface area contributed by atoms with Crippen LogP contribution in [0.1, 0.15) is 24.2 Å². The molecule has 142 valence electrons. The second-order valence-corrected chi connectivity index (χ2v) is 7.53. The Bertz CT molecular complexity index is 1090. The number of likely N-dealkylation sites (tertiary alicyclic amines) is 1. The van der Waals surface area contributed by atoms with Crippen molar-refractivity contribution in [1.29, 1.82) is 0 Å². The molecule has 5 heteroatoms. The molecule has 1 aliphatic rings. The summed E-state index contributed by atoms with van der Waals surface area (Å²) in [5, 5.41) is 5.96. The molecule has 1 aliphatic heterocycles. The Morgan fingerprint density at radius 1 is 0.929 bits per heavy atom. The molecule has 1 fully saturated rings. The van der Waals surface area contributed by atoms with Gasteiger partial charge in [0.2, 0.25) is 0 Å². The van der Waals surface area contributed by atoms with Crippen molar-refractivity contribution in [1.82, 2.24) is 19.9 Å². The smallest absolute Gasteiger partial charge is 0.145 e. The molecule has 1 saturated heterocycles. The first kappa shape index (κ1) is 17.2. The second-order valence-electron chi connectivity index (χ2n) is 7.53. The van der Waals surface area contributed by atoms with Crippen LogP contribution in [-0.2, 0) is 13.0 Å². The molecular formula is C23H25N5. The van der Waals surface area contributed by atoms with E-state index in [0.29, 0.717) is 0 Å². The minimum atomic E-state index is 0.835. The molecule has 0 aliphatic carbocycles. The zero-order valence-corrected chi connectivity index (χ0v) is 16.0. The van der Waals surface area contributed by atoms with E-state index in [1.165, 1.54) is 29.3 Å². The van der Waals surface area contributed by atoms with Crippen LogP contribution in [0.2, 0.25) is 0 Å². The number of hydrogen-bond donors (Lipinski definition) is 2. The lowest BCUT2D eigenvalue weighted by atomic mass is 10.1. The number of nitrogens with zero attached hydrogens (tertiary/aromatic N) is 3. The number of aromatic amines is 1. The van der Waals surface area contributed by atoms with Gasteiger partial charge >= 0.3 is 0 Å². The molecule has 5 nitrogen and oxygen atoms in total. The number of nitrogens with one attached hydrogen (secondary N) is 2. The van der Waals surface area contributed by atoms with Crippen molar-refractivity contribution in [3.8, 4) is 0 Å². The van der Waals surface area contributed by atoms with E-state index in [1.54, 1.807) is 0 Å². The number of H-pyrrole nitrogens is 1. The van der Waals surface area contributed by atoms with Crippen LogP contribution in [-0.4, -0.2) is 39.5 Å². The summed E-state index contributed by atoms with van der Waals surface area (Å²) in [5.74, 6) is 1.86. The molecule has 2 aromatic carbocycles. The standard InChI is InChI=1S/C23H25N5/c1-3-9-20-18(7-1)17(15-25-20)11-12-24-23-19-8-2-4-10-21(19)26-22(27-23)16-28-13-5-6-14-28/h1-4,7-10,15,25H,5-6,11-14,16H2,(H,24,26,27). The summed E-state index contributed by atoms with van der Waals surface area (Å²) in [5.41, 5.74) is 3.54. The van der Waals surface area contributed by atoms with E-state index in [0.717, 1.165) is 55.1 Å². The van der Waals surface area contributed by atoms with Crippen LogP contribution < -0.4 is 5.32 Å². The zero-order chi connectivity index (χ0) is 18.8. The van der Waals surface area contributed by atoms with Gasteiger partial charge in [0.15, 0.2) is 0 Å². The van der Waals surface area contributed by atoms with Crippen molar-refractivity contribution in [2.24, 2.45) is 0 Å². The van der Waals surface area contributed by atoms with Gasteiger partial charge in [0.1, 0.15) is 11.6 Å². The molecule has 4 aromatic rings. The van der Waals surface area contributed by atoms with Crippen LogP contribution in [0.4, 0.5) is 5.82 Å². The third-order valence-corrected chi connectivity index (χ3v) is 5.57. The molecule has 0 amide bonds. The minimum absolute atomic E-state index is 0.835. The summed E-state index contributed by atoms with van der Waals surface area (Å²) in [6.45, 7) is 3.98. The maximum absolute atomic E-state index is 4.87. The molecule has 0 saturated carbocycles. The Morgan fingerprint density at radius 3 is 2.61 bits per heavy atom. The number of hydrogen-bond acceptors (Lipinski definition) is 4. The van der Waals surface area contributed by atoms with Crippen molar-refractivity contribution in [3.63, 3.8) is 0 Å². The van der Waals surface area contributed by atoms with E-state index in [-0.39, 0.29) is 0 Å². The van der Waals surface area contributed by atoms with Gasteiger partial charge in [-0.25, -0.2) is 9.97 Å². The monoisotopic (exact) mass is 371 g/mol. The van der Waals surface area contributed by atoms with E-state index < -0.39 is 0 Å². The highest BCUT2D eigenvalue weighted by Gasteiger charge is 2.15. The molecule has 2 N–H and O–H groups in total. The van der Waals surface area contributed by atoms with E-state index in [9.17, 15) is 0 Å². The van der Waals surface area contributed by atoms with E-state index in [2.05, 4.69) is 63.9 Å². The molecule has 0 radical (unpaired) electrons. The highest BCUT2D eigenvalue weighted by atomic mass is 15.2. The van der Waals surface area contributed by atoms with Gasteiger partial charge in [-0.15, -0.1) is 0 Å². The summed E-state index contributed by atoms with van der Waals surface area (Å²) in [4.78, 5) is 15.5. The molecular weight excluding hydrogens is 346 g/mol. The predicted molar refractivity (Wildman–Crippen MR) is 115 cm³/mol. The fraction of sp³-hybridized carbons (Fsp3) is 0.304. The predicted octanol–water partition coefficient (Wildman–Crippen LogP) is 4.36. The minimum Gasteiger partial charge on any atom is -0.369 e. The highest BCUT2D eigenvalue weighted by molar-refractivity contribution is 5.89. The van der Waals surface area contributed by atoms with Gasteiger partial charge < -0.3 is 10.3 Å². The zero-order valence-electron chi connectivity index (χ0n) is 16.0. The third kappa shape index (κ3) is 3.45. The fourth-order valence-corrected chi connectivity index (χ4v) is 4.12. The highest BCUT2D eigenvalue weighted by Crippen LogP contribution is 2.22. The van der Waals surface area contributed by atoms with Gasteiger partial charge in [-0.1, -0.05) is 30.3 Å². The van der Waals surface area contributed by atoms with Crippen molar-refractivity contribution < 1.29 is 0 Å². The van der Waals surface area contributed by atoms with E-state index >= 15 is 0 Å². The van der Waals surface area contributed by atoms with Gasteiger partial charge in [-0.05, 0) is 56.1 Å². The first-order chi connectivity index (χ1) is 13.9. The van der Waals surface area contributed by atoms with E-state index in [4.69, 9.17) is 9.97 Å². The molecule has 0 spiro atoms. The molecule has 2 aromatic heterocycles. The van der Waals surface area contributed by atoms with Gasteiger partial charge in [0.25, 0.3) is 0 Å². The summed E-state index contributed by atoms with van der Waals surface area (Å²) in [6.07, 6.45) is 5.62. The Hall–Kier alpha value is -2.92. The molecule has 5 rings (SSSR count). The topological polar surface area (TPSA) is 56.8 Å². The Morgan fingerprint density at radius 2 is 1.71 bits per heavy atom. The van der Waals surface area contributed by atoms with Gasteiger partial charge in [-0.3, -0.25) is 4.90 Å². The average Bonchev–Trinajstić information content (AvgIpc) is 3.38. The quantitative estimate of drug-likeness (QED) is 0.529. The molecule has 0 unspecified atom stereocenters. The van der Waals surface area contributed by atoms with Gasteiger partial charge in [0, 0.05) is 29.0 Å². The maximum Gasteiger partial charge on any atom is 0.145 e.